The van der Waals surface area contributed by atoms with Gasteiger partial charge in [0.2, 0.25) is 5.91 Å². The van der Waals surface area contributed by atoms with Gasteiger partial charge in [-0.15, -0.1) is 0 Å². The fourth-order valence-corrected chi connectivity index (χ4v) is 2.35. The molecule has 0 saturated heterocycles. The number of hydrogen-bond donors (Lipinski definition) is 1. The van der Waals surface area contributed by atoms with Crippen LogP contribution in [0.5, 0.6) is 0 Å². The Morgan fingerprint density at radius 1 is 1.42 bits per heavy atom. The Balaban J connectivity index is 2.17. The van der Waals surface area contributed by atoms with Crippen molar-refractivity contribution in [2.75, 3.05) is 25.0 Å². The first-order chi connectivity index (χ1) is 11.4. The Labute approximate surface area is 144 Å². The van der Waals surface area contributed by atoms with Crippen molar-refractivity contribution in [1.82, 2.24) is 19.7 Å². The second-order valence-corrected chi connectivity index (χ2v) is 5.41. The van der Waals surface area contributed by atoms with Crippen LogP contribution >= 0.6 is 11.6 Å². The Hall–Kier alpha value is -2.61. The van der Waals surface area contributed by atoms with E-state index in [2.05, 4.69) is 10.1 Å². The molecule has 2 rings (SSSR count). The van der Waals surface area contributed by atoms with Gasteiger partial charge in [-0.3, -0.25) is 9.78 Å². The van der Waals surface area contributed by atoms with Gasteiger partial charge in [0, 0.05) is 32.8 Å². The van der Waals surface area contributed by atoms with Gasteiger partial charge in [-0.1, -0.05) is 11.6 Å². The lowest BCUT2D eigenvalue weighted by Crippen LogP contribution is -2.35. The summed E-state index contributed by atoms with van der Waals surface area (Å²) < 4.78 is 1.55. The molecule has 0 radical (unpaired) electrons. The van der Waals surface area contributed by atoms with Crippen LogP contribution < -0.4 is 4.90 Å². The molecule has 0 saturated carbocycles. The predicted octanol–water partition coefficient (Wildman–Crippen LogP) is 2.27. The second kappa shape index (κ2) is 7.78. The van der Waals surface area contributed by atoms with Crippen molar-refractivity contribution in [3.63, 3.8) is 0 Å². The smallest absolute Gasteiger partial charge is 0.407 e. The van der Waals surface area contributed by atoms with Crippen LogP contribution in [0.4, 0.5) is 10.5 Å². The van der Waals surface area contributed by atoms with Crippen molar-refractivity contribution in [2.24, 2.45) is 0 Å². The number of carbonyl (C=O) groups is 2. The number of pyridine rings is 1. The monoisotopic (exact) mass is 351 g/mol. The fraction of sp³-hybridized carbons (Fsp3) is 0.333. The first-order valence-corrected chi connectivity index (χ1v) is 7.71. The molecule has 0 bridgehead atoms. The van der Waals surface area contributed by atoms with Crippen LogP contribution in [0, 0.1) is 0 Å². The summed E-state index contributed by atoms with van der Waals surface area (Å²) in [5, 5.41) is 13.2. The molecule has 8 nitrogen and oxygen atoms in total. The van der Waals surface area contributed by atoms with Gasteiger partial charge in [-0.2, -0.15) is 5.10 Å². The lowest BCUT2D eigenvalue weighted by atomic mass is 10.3. The molecule has 0 aliphatic heterocycles. The fourth-order valence-electron chi connectivity index (χ4n) is 2.12. The average Bonchev–Trinajstić information content (AvgIpc) is 2.96. The standard InChI is InChI=1S/C15H18ClN5O3/c1-3-20(13(22)6-8-19(2)15(23)24)12-10-21(18-14(12)16)11-5-4-7-17-9-11/h4-5,7,9-10H,3,6,8H2,1-2H3,(H,23,24). The molecule has 128 valence electrons. The SMILES string of the molecule is CCN(C(=O)CCN(C)C(=O)O)c1cn(-c2cccnc2)nc1Cl. The van der Waals surface area contributed by atoms with Gasteiger partial charge in [0.15, 0.2) is 5.15 Å². The normalized spacial score (nSPS) is 10.5. The number of aromatic nitrogens is 3. The number of rotatable bonds is 6. The number of hydrogen-bond acceptors (Lipinski definition) is 4. The molecule has 2 heterocycles. The number of anilines is 1. The molecule has 0 aliphatic rings. The zero-order chi connectivity index (χ0) is 17.7. The quantitative estimate of drug-likeness (QED) is 0.862. The van der Waals surface area contributed by atoms with Crippen molar-refractivity contribution in [1.29, 1.82) is 0 Å². The van der Waals surface area contributed by atoms with Gasteiger partial charge in [-0.25, -0.2) is 9.48 Å². The average molecular weight is 352 g/mol. The topological polar surface area (TPSA) is 91.6 Å². The van der Waals surface area contributed by atoms with Gasteiger partial charge >= 0.3 is 6.09 Å². The Morgan fingerprint density at radius 2 is 2.17 bits per heavy atom. The van der Waals surface area contributed by atoms with Crippen molar-refractivity contribution < 1.29 is 14.7 Å². The van der Waals surface area contributed by atoms with Crippen LogP contribution in [0.15, 0.2) is 30.7 Å². The largest absolute Gasteiger partial charge is 0.465 e. The molecule has 1 N–H and O–H groups in total. The highest BCUT2D eigenvalue weighted by Gasteiger charge is 2.21. The third-order valence-corrected chi connectivity index (χ3v) is 3.73. The van der Waals surface area contributed by atoms with Crippen LogP contribution in [0.2, 0.25) is 5.15 Å². The van der Waals surface area contributed by atoms with Crippen LogP contribution in [-0.4, -0.2) is 56.9 Å². The molecular formula is C15H18ClN5O3. The van der Waals surface area contributed by atoms with E-state index in [-0.39, 0.29) is 24.0 Å². The van der Waals surface area contributed by atoms with Crippen molar-refractivity contribution in [3.8, 4) is 5.69 Å². The molecule has 0 aliphatic carbocycles. The highest BCUT2D eigenvalue weighted by atomic mass is 35.5. The highest BCUT2D eigenvalue weighted by Crippen LogP contribution is 2.26. The maximum absolute atomic E-state index is 12.4. The van der Waals surface area contributed by atoms with E-state index in [1.807, 2.05) is 13.0 Å². The molecule has 0 aromatic carbocycles. The summed E-state index contributed by atoms with van der Waals surface area (Å²) in [6.45, 7) is 2.32. The number of halogens is 1. The number of carboxylic acid groups (broad SMARTS) is 1. The molecule has 24 heavy (non-hydrogen) atoms. The minimum absolute atomic E-state index is 0.0606. The lowest BCUT2D eigenvalue weighted by molar-refractivity contribution is -0.118. The molecule has 0 unspecified atom stereocenters. The van der Waals surface area contributed by atoms with Gasteiger partial charge in [0.25, 0.3) is 0 Å². The summed E-state index contributed by atoms with van der Waals surface area (Å²) in [5.74, 6) is -0.224. The number of carbonyl (C=O) groups excluding carboxylic acids is 1. The maximum Gasteiger partial charge on any atom is 0.407 e. The van der Waals surface area contributed by atoms with Crippen LogP contribution in [-0.2, 0) is 4.79 Å². The molecular weight excluding hydrogens is 334 g/mol. The number of amides is 2. The first kappa shape index (κ1) is 17.7. The van der Waals surface area contributed by atoms with Crippen LogP contribution in [0.1, 0.15) is 13.3 Å². The zero-order valence-electron chi connectivity index (χ0n) is 13.4. The first-order valence-electron chi connectivity index (χ1n) is 7.34. The molecule has 2 aromatic heterocycles. The van der Waals surface area contributed by atoms with E-state index >= 15 is 0 Å². The van der Waals surface area contributed by atoms with E-state index in [0.717, 1.165) is 10.6 Å². The second-order valence-electron chi connectivity index (χ2n) is 5.05. The van der Waals surface area contributed by atoms with Crippen molar-refractivity contribution >= 4 is 29.3 Å². The Kier molecular flexibility index (Phi) is 5.75. The lowest BCUT2D eigenvalue weighted by Gasteiger charge is -2.21. The summed E-state index contributed by atoms with van der Waals surface area (Å²) in [6, 6.07) is 3.59. The van der Waals surface area contributed by atoms with Crippen molar-refractivity contribution in [2.45, 2.75) is 13.3 Å². The molecule has 0 fully saturated rings. The summed E-state index contributed by atoms with van der Waals surface area (Å²) in [4.78, 5) is 29.8. The zero-order valence-corrected chi connectivity index (χ0v) is 14.1. The molecule has 0 atom stereocenters. The summed E-state index contributed by atoms with van der Waals surface area (Å²) in [7, 11) is 1.42. The molecule has 0 spiro atoms. The third-order valence-electron chi connectivity index (χ3n) is 3.46. The van der Waals surface area contributed by atoms with Gasteiger partial charge in [0.05, 0.1) is 18.1 Å². The minimum atomic E-state index is -1.08. The summed E-state index contributed by atoms with van der Waals surface area (Å²) in [5.41, 5.74) is 1.20. The molecule has 2 amide bonds. The Morgan fingerprint density at radius 3 is 2.75 bits per heavy atom. The van der Waals surface area contributed by atoms with Gasteiger partial charge in [-0.05, 0) is 19.1 Å². The van der Waals surface area contributed by atoms with E-state index < -0.39 is 6.09 Å². The minimum Gasteiger partial charge on any atom is -0.465 e. The molecule has 9 heteroatoms. The van der Waals surface area contributed by atoms with Crippen LogP contribution in [0.25, 0.3) is 5.69 Å². The van der Waals surface area contributed by atoms with E-state index in [9.17, 15) is 9.59 Å². The van der Waals surface area contributed by atoms with Crippen molar-refractivity contribution in [3.05, 3.63) is 35.9 Å². The van der Waals surface area contributed by atoms with Gasteiger partial charge in [0.1, 0.15) is 5.69 Å². The van der Waals surface area contributed by atoms with Gasteiger partial charge < -0.3 is 14.9 Å². The highest BCUT2D eigenvalue weighted by molar-refractivity contribution is 6.32. The van der Waals surface area contributed by atoms with E-state index in [1.54, 1.807) is 29.3 Å². The Bertz CT molecular complexity index is 719. The maximum atomic E-state index is 12.4. The van der Waals surface area contributed by atoms with E-state index in [1.165, 1.54) is 11.9 Å². The van der Waals surface area contributed by atoms with E-state index in [4.69, 9.17) is 16.7 Å². The molecule has 2 aromatic rings. The summed E-state index contributed by atoms with van der Waals surface area (Å²) in [6.07, 6.45) is 3.92. The third kappa shape index (κ3) is 4.02. The predicted molar refractivity (Wildman–Crippen MR) is 89.7 cm³/mol. The van der Waals surface area contributed by atoms with E-state index in [0.29, 0.717) is 12.2 Å². The van der Waals surface area contributed by atoms with Crippen LogP contribution in [0.3, 0.4) is 0 Å². The number of nitrogens with zero attached hydrogens (tertiary/aromatic N) is 5. The summed E-state index contributed by atoms with van der Waals surface area (Å²) >= 11 is 6.17.